The third-order valence-corrected chi connectivity index (χ3v) is 4.53. The summed E-state index contributed by atoms with van der Waals surface area (Å²) >= 11 is 1.76. The lowest BCUT2D eigenvalue weighted by Crippen LogP contribution is -2.38. The summed E-state index contributed by atoms with van der Waals surface area (Å²) in [7, 11) is 4.07. The van der Waals surface area contributed by atoms with Gasteiger partial charge in [-0.3, -0.25) is 4.79 Å². The van der Waals surface area contributed by atoms with E-state index < -0.39 is 11.6 Å². The molecule has 1 saturated carbocycles. The first-order valence-corrected chi connectivity index (χ1v) is 7.26. The molecule has 0 aromatic carbocycles. The first-order chi connectivity index (χ1) is 7.93. The summed E-state index contributed by atoms with van der Waals surface area (Å²) in [6.45, 7) is 1.01. The summed E-state index contributed by atoms with van der Waals surface area (Å²) in [6, 6.07) is 0. The fourth-order valence-corrected chi connectivity index (χ4v) is 3.36. The van der Waals surface area contributed by atoms with Gasteiger partial charge in [-0.05, 0) is 39.8 Å². The smallest absolute Gasteiger partial charge is 0.306 e. The fourth-order valence-electron chi connectivity index (χ4n) is 2.06. The first kappa shape index (κ1) is 14.8. The van der Waals surface area contributed by atoms with Crippen LogP contribution in [-0.4, -0.2) is 58.8 Å². The number of hydrogen-bond acceptors (Lipinski definition) is 4. The highest BCUT2D eigenvalue weighted by molar-refractivity contribution is 7.99. The molecule has 4 nitrogen and oxygen atoms in total. The van der Waals surface area contributed by atoms with Crippen molar-refractivity contribution in [3.63, 3.8) is 0 Å². The van der Waals surface area contributed by atoms with Crippen molar-refractivity contribution >= 4 is 17.7 Å². The van der Waals surface area contributed by atoms with Gasteiger partial charge in [0.1, 0.15) is 0 Å². The molecule has 100 valence electrons. The zero-order chi connectivity index (χ0) is 12.9. The van der Waals surface area contributed by atoms with Crippen LogP contribution in [-0.2, 0) is 4.79 Å². The number of carbonyl (C=O) groups is 1. The molecule has 0 heterocycles. The van der Waals surface area contributed by atoms with Crippen molar-refractivity contribution in [3.8, 4) is 0 Å². The van der Waals surface area contributed by atoms with Crippen LogP contribution in [0.15, 0.2) is 0 Å². The third kappa shape index (κ3) is 5.27. The number of aliphatic hydroxyl groups is 1. The molecule has 1 aliphatic rings. The molecule has 0 saturated heterocycles. The maximum absolute atomic E-state index is 10.8. The third-order valence-electron chi connectivity index (χ3n) is 3.32. The lowest BCUT2D eigenvalue weighted by Gasteiger charge is -2.34. The van der Waals surface area contributed by atoms with Gasteiger partial charge in [0.2, 0.25) is 0 Å². The summed E-state index contributed by atoms with van der Waals surface area (Å²) < 4.78 is 0. The van der Waals surface area contributed by atoms with Gasteiger partial charge in [0.25, 0.3) is 0 Å². The van der Waals surface area contributed by atoms with E-state index in [1.807, 2.05) is 14.1 Å². The van der Waals surface area contributed by atoms with Crippen molar-refractivity contribution in [3.05, 3.63) is 0 Å². The van der Waals surface area contributed by atoms with Gasteiger partial charge in [-0.2, -0.15) is 11.8 Å². The van der Waals surface area contributed by atoms with Crippen LogP contribution in [0.4, 0.5) is 0 Å². The molecule has 0 amide bonds. The molecule has 17 heavy (non-hydrogen) atoms. The summed E-state index contributed by atoms with van der Waals surface area (Å²) in [5.74, 6) is 0.777. The van der Waals surface area contributed by atoms with Gasteiger partial charge in [0.15, 0.2) is 0 Å². The molecule has 0 spiro atoms. The van der Waals surface area contributed by atoms with E-state index in [-0.39, 0.29) is 5.92 Å². The Morgan fingerprint density at radius 3 is 2.47 bits per heavy atom. The van der Waals surface area contributed by atoms with Crippen molar-refractivity contribution in [1.82, 2.24) is 4.90 Å². The molecule has 0 atom stereocenters. The molecule has 5 heteroatoms. The second-order valence-electron chi connectivity index (χ2n) is 5.19. The topological polar surface area (TPSA) is 60.8 Å². The zero-order valence-electron chi connectivity index (χ0n) is 10.7. The Kier molecular flexibility index (Phi) is 5.76. The van der Waals surface area contributed by atoms with Gasteiger partial charge >= 0.3 is 5.97 Å². The number of rotatable bonds is 6. The van der Waals surface area contributed by atoms with E-state index in [9.17, 15) is 9.90 Å². The van der Waals surface area contributed by atoms with E-state index >= 15 is 0 Å². The number of carboxylic acids is 1. The Morgan fingerprint density at radius 2 is 2.00 bits per heavy atom. The van der Waals surface area contributed by atoms with Crippen LogP contribution in [0.5, 0.6) is 0 Å². The van der Waals surface area contributed by atoms with E-state index in [2.05, 4.69) is 4.90 Å². The Labute approximate surface area is 107 Å². The Morgan fingerprint density at radius 1 is 1.41 bits per heavy atom. The quantitative estimate of drug-likeness (QED) is 0.706. The minimum absolute atomic E-state index is 0.248. The van der Waals surface area contributed by atoms with Gasteiger partial charge in [0, 0.05) is 18.1 Å². The summed E-state index contributed by atoms with van der Waals surface area (Å²) in [6.07, 6.45) is 2.47. The molecule has 2 N–H and O–H groups in total. The Bertz CT molecular complexity index is 250. The summed E-state index contributed by atoms with van der Waals surface area (Å²) in [5, 5.41) is 19.2. The monoisotopic (exact) mass is 261 g/mol. The zero-order valence-corrected chi connectivity index (χ0v) is 11.5. The molecule has 1 rings (SSSR count). The van der Waals surface area contributed by atoms with Crippen molar-refractivity contribution < 1.29 is 15.0 Å². The highest BCUT2D eigenvalue weighted by atomic mass is 32.2. The van der Waals surface area contributed by atoms with Gasteiger partial charge in [-0.25, -0.2) is 0 Å². The number of aliphatic carboxylic acids is 1. The molecule has 0 radical (unpaired) electrons. The van der Waals surface area contributed by atoms with Gasteiger partial charge in [-0.1, -0.05) is 0 Å². The average Bonchev–Trinajstić information content (AvgIpc) is 2.25. The second-order valence-corrected chi connectivity index (χ2v) is 6.30. The second kappa shape index (κ2) is 6.61. The van der Waals surface area contributed by atoms with Crippen molar-refractivity contribution in [2.75, 3.05) is 32.1 Å². The predicted molar refractivity (Wildman–Crippen MR) is 70.4 cm³/mol. The van der Waals surface area contributed by atoms with Gasteiger partial charge in [-0.15, -0.1) is 0 Å². The van der Waals surface area contributed by atoms with Crippen LogP contribution in [0.3, 0.4) is 0 Å². The standard InChI is InChI=1S/C12H23NO3S/c1-13(2)7-8-17-9-12(16)5-3-10(4-6-12)11(14)15/h10,16H,3-9H2,1-2H3,(H,14,15). The minimum atomic E-state index is -0.715. The minimum Gasteiger partial charge on any atom is -0.481 e. The van der Waals surface area contributed by atoms with Crippen molar-refractivity contribution in [2.45, 2.75) is 31.3 Å². The Hall–Kier alpha value is -0.260. The number of carboxylic acid groups (broad SMARTS) is 1. The normalized spacial score (nSPS) is 29.5. The van der Waals surface area contributed by atoms with E-state index in [4.69, 9.17) is 5.11 Å². The van der Waals surface area contributed by atoms with E-state index in [0.29, 0.717) is 25.7 Å². The lowest BCUT2D eigenvalue weighted by atomic mass is 9.80. The Balaban J connectivity index is 2.22. The van der Waals surface area contributed by atoms with Crippen LogP contribution in [0.1, 0.15) is 25.7 Å². The van der Waals surface area contributed by atoms with Crippen LogP contribution < -0.4 is 0 Å². The average molecular weight is 261 g/mol. The highest BCUT2D eigenvalue weighted by Crippen LogP contribution is 2.34. The predicted octanol–water partition coefficient (Wildman–Crippen LogP) is 1.29. The van der Waals surface area contributed by atoms with Crippen LogP contribution in [0.2, 0.25) is 0 Å². The van der Waals surface area contributed by atoms with Gasteiger partial charge < -0.3 is 15.1 Å². The summed E-state index contributed by atoms with van der Waals surface area (Å²) in [5.41, 5.74) is -0.636. The van der Waals surface area contributed by atoms with Gasteiger partial charge in [0.05, 0.1) is 11.5 Å². The van der Waals surface area contributed by atoms with Crippen molar-refractivity contribution in [2.24, 2.45) is 5.92 Å². The molecule has 0 aliphatic heterocycles. The maximum atomic E-state index is 10.8. The van der Waals surface area contributed by atoms with E-state index in [0.717, 1.165) is 18.1 Å². The van der Waals surface area contributed by atoms with Crippen LogP contribution in [0, 0.1) is 5.92 Å². The van der Waals surface area contributed by atoms with Crippen LogP contribution >= 0.6 is 11.8 Å². The summed E-state index contributed by atoms with van der Waals surface area (Å²) in [4.78, 5) is 12.9. The van der Waals surface area contributed by atoms with E-state index in [1.54, 1.807) is 11.8 Å². The molecule has 0 aromatic heterocycles. The van der Waals surface area contributed by atoms with Crippen LogP contribution in [0.25, 0.3) is 0 Å². The molecule has 0 unspecified atom stereocenters. The molecule has 1 aliphatic carbocycles. The number of nitrogens with zero attached hydrogens (tertiary/aromatic N) is 1. The highest BCUT2D eigenvalue weighted by Gasteiger charge is 2.35. The maximum Gasteiger partial charge on any atom is 0.306 e. The van der Waals surface area contributed by atoms with E-state index in [1.165, 1.54) is 0 Å². The first-order valence-electron chi connectivity index (χ1n) is 6.11. The number of thioether (sulfide) groups is 1. The molecule has 0 aromatic rings. The molecule has 1 fully saturated rings. The largest absolute Gasteiger partial charge is 0.481 e. The fraction of sp³-hybridized carbons (Fsp3) is 0.917. The number of hydrogen-bond donors (Lipinski definition) is 2. The lowest BCUT2D eigenvalue weighted by molar-refractivity contribution is -0.144. The SMILES string of the molecule is CN(C)CCSCC1(O)CCC(C(=O)O)CC1. The molecule has 0 bridgehead atoms. The van der Waals surface area contributed by atoms with Crippen molar-refractivity contribution in [1.29, 1.82) is 0 Å². The molecular weight excluding hydrogens is 238 g/mol. The molecular formula is C12H23NO3S.